The van der Waals surface area contributed by atoms with Gasteiger partial charge in [0.15, 0.2) is 0 Å². The van der Waals surface area contributed by atoms with Gasteiger partial charge in [-0.2, -0.15) is 0 Å². The number of hydrogen-bond donors (Lipinski definition) is 1. The molecule has 0 spiro atoms. The minimum Gasteiger partial charge on any atom is -0.497 e. The Morgan fingerprint density at radius 1 is 1.00 bits per heavy atom. The molecule has 0 atom stereocenters. The molecule has 1 aliphatic heterocycles. The molecule has 27 heavy (non-hydrogen) atoms. The van der Waals surface area contributed by atoms with Gasteiger partial charge in [0.2, 0.25) is 5.91 Å². The second-order valence-electron chi connectivity index (χ2n) is 6.66. The van der Waals surface area contributed by atoms with Gasteiger partial charge in [0, 0.05) is 37.4 Å². The number of para-hydroxylation sites is 1. The molecule has 1 N–H and O–H groups in total. The molecule has 2 aromatic carbocycles. The van der Waals surface area contributed by atoms with Crippen molar-refractivity contribution in [1.29, 1.82) is 0 Å². The lowest BCUT2D eigenvalue weighted by Gasteiger charge is -2.36. The average molecular weight is 367 g/mol. The first-order valence-electron chi connectivity index (χ1n) is 9.08. The molecule has 2 amide bonds. The fourth-order valence-corrected chi connectivity index (χ4v) is 3.25. The third kappa shape index (κ3) is 4.86. The smallest absolute Gasteiger partial charge is 0.257 e. The van der Waals surface area contributed by atoms with E-state index in [0.29, 0.717) is 11.3 Å². The number of methoxy groups -OCH3 is 1. The Hall–Kier alpha value is -2.86. The second kappa shape index (κ2) is 8.68. The second-order valence-corrected chi connectivity index (χ2v) is 6.66. The van der Waals surface area contributed by atoms with Crippen LogP contribution in [0.2, 0.25) is 0 Å². The van der Waals surface area contributed by atoms with Gasteiger partial charge in [-0.15, -0.1) is 0 Å². The molecule has 0 unspecified atom stereocenters. The number of ether oxygens (including phenoxy) is 1. The third-order valence-electron chi connectivity index (χ3n) is 4.80. The van der Waals surface area contributed by atoms with Crippen LogP contribution in [0.1, 0.15) is 15.9 Å². The number of carbonyl (C=O) groups excluding carboxylic acids is 2. The van der Waals surface area contributed by atoms with Crippen LogP contribution >= 0.6 is 0 Å². The van der Waals surface area contributed by atoms with Crippen molar-refractivity contribution < 1.29 is 14.3 Å². The maximum Gasteiger partial charge on any atom is 0.257 e. The lowest BCUT2D eigenvalue weighted by atomic mass is 10.1. The number of anilines is 1. The lowest BCUT2D eigenvalue weighted by Crippen LogP contribution is -2.50. The molecule has 1 saturated heterocycles. The number of amides is 2. The molecule has 2 aromatic rings. The first-order chi connectivity index (χ1) is 13.1. The van der Waals surface area contributed by atoms with Crippen LogP contribution in [0.15, 0.2) is 48.5 Å². The van der Waals surface area contributed by atoms with E-state index in [1.54, 1.807) is 31.4 Å². The van der Waals surface area contributed by atoms with Gasteiger partial charge in [0.1, 0.15) is 5.75 Å². The summed E-state index contributed by atoms with van der Waals surface area (Å²) < 4.78 is 5.07. The lowest BCUT2D eigenvalue weighted by molar-refractivity contribution is -0.121. The summed E-state index contributed by atoms with van der Waals surface area (Å²) in [5.41, 5.74) is 2.94. The third-order valence-corrected chi connectivity index (χ3v) is 4.80. The van der Waals surface area contributed by atoms with Crippen LogP contribution < -0.4 is 15.0 Å². The Balaban J connectivity index is 1.47. The van der Waals surface area contributed by atoms with Crippen molar-refractivity contribution in [3.05, 3.63) is 59.7 Å². The van der Waals surface area contributed by atoms with Crippen LogP contribution in [0, 0.1) is 6.92 Å². The highest BCUT2D eigenvalue weighted by Gasteiger charge is 2.21. The van der Waals surface area contributed by atoms with E-state index in [0.717, 1.165) is 26.2 Å². The van der Waals surface area contributed by atoms with E-state index in [-0.39, 0.29) is 18.4 Å². The number of piperazine rings is 1. The van der Waals surface area contributed by atoms with Crippen molar-refractivity contribution in [3.63, 3.8) is 0 Å². The van der Waals surface area contributed by atoms with E-state index in [4.69, 9.17) is 4.74 Å². The summed E-state index contributed by atoms with van der Waals surface area (Å²) in [4.78, 5) is 28.8. The predicted octanol–water partition coefficient (Wildman–Crippen LogP) is 2.08. The van der Waals surface area contributed by atoms with E-state index < -0.39 is 0 Å². The van der Waals surface area contributed by atoms with Crippen molar-refractivity contribution in [2.45, 2.75) is 6.92 Å². The minimum absolute atomic E-state index is 0.226. The summed E-state index contributed by atoms with van der Waals surface area (Å²) in [5, 5.41) is 2.46. The minimum atomic E-state index is -0.388. The molecule has 0 saturated carbocycles. The number of aryl methyl sites for hydroxylation is 1. The maximum atomic E-state index is 12.2. The monoisotopic (exact) mass is 367 g/mol. The summed E-state index contributed by atoms with van der Waals surface area (Å²) in [6.07, 6.45) is 0. The molecule has 0 bridgehead atoms. The van der Waals surface area contributed by atoms with Gasteiger partial charge in [-0.1, -0.05) is 18.2 Å². The number of carbonyl (C=O) groups is 2. The van der Waals surface area contributed by atoms with Gasteiger partial charge in [-0.25, -0.2) is 0 Å². The molecular weight excluding hydrogens is 342 g/mol. The largest absolute Gasteiger partial charge is 0.497 e. The van der Waals surface area contributed by atoms with Crippen molar-refractivity contribution in [2.24, 2.45) is 0 Å². The molecular formula is C21H25N3O3. The van der Waals surface area contributed by atoms with E-state index in [9.17, 15) is 9.59 Å². The summed E-state index contributed by atoms with van der Waals surface area (Å²) in [6.45, 7) is 5.65. The highest BCUT2D eigenvalue weighted by atomic mass is 16.5. The Kier molecular flexibility index (Phi) is 6.08. The van der Waals surface area contributed by atoms with E-state index in [2.05, 4.69) is 34.2 Å². The normalized spacial score (nSPS) is 14.7. The van der Waals surface area contributed by atoms with Gasteiger partial charge >= 0.3 is 0 Å². The zero-order chi connectivity index (χ0) is 19.2. The van der Waals surface area contributed by atoms with Crippen LogP contribution in [0.3, 0.4) is 0 Å². The van der Waals surface area contributed by atoms with Crippen molar-refractivity contribution >= 4 is 17.5 Å². The summed E-state index contributed by atoms with van der Waals surface area (Å²) in [6, 6.07) is 15.0. The Bertz CT molecular complexity index is 797. The number of nitrogens with zero attached hydrogens (tertiary/aromatic N) is 2. The SMILES string of the molecule is COc1ccc(C(=O)NC(=O)CN2CCN(c3ccccc3C)CC2)cc1. The predicted molar refractivity (Wildman–Crippen MR) is 105 cm³/mol. The van der Waals surface area contributed by atoms with E-state index in [1.807, 2.05) is 12.1 Å². The molecule has 0 aromatic heterocycles. The van der Waals surface area contributed by atoms with Crippen LogP contribution in [0.4, 0.5) is 5.69 Å². The standard InChI is InChI=1S/C21H25N3O3/c1-16-5-3-4-6-19(16)24-13-11-23(12-14-24)15-20(25)22-21(26)17-7-9-18(27-2)10-8-17/h3-10H,11-15H2,1-2H3,(H,22,25,26). The number of hydrogen-bond acceptors (Lipinski definition) is 5. The average Bonchev–Trinajstić information content (AvgIpc) is 2.69. The highest BCUT2D eigenvalue weighted by Crippen LogP contribution is 2.20. The number of nitrogens with one attached hydrogen (secondary N) is 1. The fourth-order valence-electron chi connectivity index (χ4n) is 3.25. The number of imide groups is 1. The molecule has 1 heterocycles. The van der Waals surface area contributed by atoms with Gasteiger partial charge in [-0.05, 0) is 42.8 Å². The number of rotatable bonds is 5. The summed E-state index contributed by atoms with van der Waals surface area (Å²) in [7, 11) is 1.57. The number of benzene rings is 2. The zero-order valence-corrected chi connectivity index (χ0v) is 15.8. The van der Waals surface area contributed by atoms with E-state index in [1.165, 1.54) is 11.3 Å². The first-order valence-corrected chi connectivity index (χ1v) is 9.08. The van der Waals surface area contributed by atoms with Crippen molar-refractivity contribution in [3.8, 4) is 5.75 Å². The Labute approximate surface area is 159 Å². The summed E-state index contributed by atoms with van der Waals surface area (Å²) in [5.74, 6) is 0.00533. The summed E-state index contributed by atoms with van der Waals surface area (Å²) >= 11 is 0. The molecule has 0 radical (unpaired) electrons. The first kappa shape index (κ1) is 18.9. The molecule has 3 rings (SSSR count). The van der Waals surface area contributed by atoms with Crippen LogP contribution in [0.5, 0.6) is 5.75 Å². The van der Waals surface area contributed by atoms with Crippen LogP contribution in [-0.2, 0) is 4.79 Å². The fraction of sp³-hybridized carbons (Fsp3) is 0.333. The van der Waals surface area contributed by atoms with Crippen molar-refractivity contribution in [1.82, 2.24) is 10.2 Å². The topological polar surface area (TPSA) is 61.9 Å². The van der Waals surface area contributed by atoms with Gasteiger partial charge < -0.3 is 9.64 Å². The zero-order valence-electron chi connectivity index (χ0n) is 15.8. The Morgan fingerprint density at radius 3 is 2.30 bits per heavy atom. The van der Waals surface area contributed by atoms with Crippen LogP contribution in [0.25, 0.3) is 0 Å². The molecule has 0 aliphatic carbocycles. The highest BCUT2D eigenvalue weighted by molar-refractivity contribution is 6.05. The quantitative estimate of drug-likeness (QED) is 0.877. The molecule has 1 aliphatic rings. The van der Waals surface area contributed by atoms with Gasteiger partial charge in [-0.3, -0.25) is 19.8 Å². The molecule has 6 heteroatoms. The Morgan fingerprint density at radius 2 is 1.67 bits per heavy atom. The van der Waals surface area contributed by atoms with Crippen LogP contribution in [-0.4, -0.2) is 56.5 Å². The maximum absolute atomic E-state index is 12.2. The van der Waals surface area contributed by atoms with Gasteiger partial charge in [0.05, 0.1) is 13.7 Å². The van der Waals surface area contributed by atoms with Crippen molar-refractivity contribution in [2.75, 3.05) is 44.7 Å². The van der Waals surface area contributed by atoms with E-state index >= 15 is 0 Å². The van der Waals surface area contributed by atoms with Gasteiger partial charge in [0.25, 0.3) is 5.91 Å². The molecule has 1 fully saturated rings. The molecule has 142 valence electrons. The molecule has 6 nitrogen and oxygen atoms in total.